The first-order chi connectivity index (χ1) is 11.9. The molecule has 130 valence electrons. The molecule has 0 saturated heterocycles. The number of hydrogen-bond acceptors (Lipinski definition) is 5. The minimum Gasteiger partial charge on any atom is -0.485 e. The Balaban J connectivity index is 2.04. The summed E-state index contributed by atoms with van der Waals surface area (Å²) in [6, 6.07) is 10.7. The van der Waals surface area contributed by atoms with Crippen LogP contribution in [0.4, 0.5) is 5.69 Å². The van der Waals surface area contributed by atoms with Gasteiger partial charge in [-0.3, -0.25) is 14.9 Å². The normalized spacial score (nSPS) is 19.2. The number of fused-ring (bicyclic) bond motifs is 1. The zero-order chi connectivity index (χ0) is 18.2. The van der Waals surface area contributed by atoms with E-state index >= 15 is 0 Å². The van der Waals surface area contributed by atoms with Gasteiger partial charge in [0, 0.05) is 6.07 Å². The summed E-state index contributed by atoms with van der Waals surface area (Å²) in [5.41, 5.74) is 1.42. The minimum atomic E-state index is -1.13. The van der Waals surface area contributed by atoms with Crippen molar-refractivity contribution in [3.63, 3.8) is 0 Å². The van der Waals surface area contributed by atoms with E-state index in [1.807, 2.05) is 31.2 Å². The number of carbonyl (C=O) groups is 1. The van der Waals surface area contributed by atoms with Crippen molar-refractivity contribution in [1.82, 2.24) is 0 Å². The number of aliphatic hydroxyl groups is 1. The average Bonchev–Trinajstić information content (AvgIpc) is 2.59. The monoisotopic (exact) mass is 341 g/mol. The molecule has 1 heterocycles. The third kappa shape index (κ3) is 3.00. The maximum atomic E-state index is 13.1. The van der Waals surface area contributed by atoms with Gasteiger partial charge in [-0.25, -0.2) is 0 Å². The standard InChI is InChI=1S/C19H19NO5/c1-12-3-5-14(6-4-12)9-19(10-21)11-25-17-15(18(19)22)7-13(2)8-16(17)20(23)24/h3-8,21H,9-11H2,1-2H3. The van der Waals surface area contributed by atoms with Gasteiger partial charge in [-0.05, 0) is 37.5 Å². The highest BCUT2D eigenvalue weighted by atomic mass is 16.6. The van der Waals surface area contributed by atoms with Gasteiger partial charge in [-0.15, -0.1) is 0 Å². The molecular weight excluding hydrogens is 322 g/mol. The van der Waals surface area contributed by atoms with Gasteiger partial charge in [-0.1, -0.05) is 29.8 Å². The number of ether oxygens (including phenoxy) is 1. The Hall–Kier alpha value is -2.73. The van der Waals surface area contributed by atoms with Crippen LogP contribution < -0.4 is 4.74 Å². The van der Waals surface area contributed by atoms with E-state index in [1.165, 1.54) is 6.07 Å². The molecule has 6 nitrogen and oxygen atoms in total. The van der Waals surface area contributed by atoms with Gasteiger partial charge in [0.05, 0.1) is 22.5 Å². The maximum Gasteiger partial charge on any atom is 0.311 e. The number of nitro benzene ring substituents is 1. The highest BCUT2D eigenvalue weighted by molar-refractivity contribution is 6.05. The number of aliphatic hydroxyl groups excluding tert-OH is 1. The molecule has 1 aliphatic heterocycles. The fourth-order valence-corrected chi connectivity index (χ4v) is 3.17. The van der Waals surface area contributed by atoms with Crippen molar-refractivity contribution >= 4 is 11.5 Å². The van der Waals surface area contributed by atoms with Gasteiger partial charge in [0.2, 0.25) is 5.75 Å². The predicted octanol–water partition coefficient (Wildman–Crippen LogP) is 3.01. The van der Waals surface area contributed by atoms with Gasteiger partial charge >= 0.3 is 5.69 Å². The van der Waals surface area contributed by atoms with E-state index in [0.29, 0.717) is 12.0 Å². The van der Waals surface area contributed by atoms with E-state index in [9.17, 15) is 20.0 Å². The van der Waals surface area contributed by atoms with E-state index < -0.39 is 10.3 Å². The molecule has 3 rings (SSSR count). The van der Waals surface area contributed by atoms with E-state index in [1.54, 1.807) is 13.0 Å². The van der Waals surface area contributed by atoms with Crippen molar-refractivity contribution in [3.8, 4) is 5.75 Å². The predicted molar refractivity (Wildman–Crippen MR) is 92.1 cm³/mol. The molecule has 0 spiro atoms. The summed E-state index contributed by atoms with van der Waals surface area (Å²) in [5, 5.41) is 21.2. The summed E-state index contributed by atoms with van der Waals surface area (Å²) in [6.45, 7) is 3.18. The first kappa shape index (κ1) is 17.1. The highest BCUT2D eigenvalue weighted by Gasteiger charge is 2.46. The van der Waals surface area contributed by atoms with Gasteiger partial charge in [-0.2, -0.15) is 0 Å². The van der Waals surface area contributed by atoms with Gasteiger partial charge in [0.25, 0.3) is 0 Å². The molecule has 0 saturated carbocycles. The summed E-state index contributed by atoms with van der Waals surface area (Å²) in [4.78, 5) is 23.8. The molecule has 0 aliphatic carbocycles. The van der Waals surface area contributed by atoms with Crippen LogP contribution in [-0.2, 0) is 6.42 Å². The zero-order valence-corrected chi connectivity index (χ0v) is 14.1. The van der Waals surface area contributed by atoms with Gasteiger partial charge in [0.1, 0.15) is 6.61 Å². The number of rotatable bonds is 4. The quantitative estimate of drug-likeness (QED) is 0.682. The van der Waals surface area contributed by atoms with Crippen LogP contribution in [0.15, 0.2) is 36.4 Å². The topological polar surface area (TPSA) is 89.7 Å². The smallest absolute Gasteiger partial charge is 0.311 e. The van der Waals surface area contributed by atoms with Gasteiger partial charge < -0.3 is 9.84 Å². The number of nitro groups is 1. The van der Waals surface area contributed by atoms with Crippen LogP contribution >= 0.6 is 0 Å². The van der Waals surface area contributed by atoms with Crippen molar-refractivity contribution in [3.05, 3.63) is 68.8 Å². The number of ketones is 1. The van der Waals surface area contributed by atoms with Crippen LogP contribution in [-0.4, -0.2) is 29.0 Å². The summed E-state index contributed by atoms with van der Waals surface area (Å²) in [6.07, 6.45) is 0.309. The lowest BCUT2D eigenvalue weighted by Crippen LogP contribution is -2.45. The molecule has 0 radical (unpaired) electrons. The lowest BCUT2D eigenvalue weighted by atomic mass is 9.74. The Bertz CT molecular complexity index is 844. The SMILES string of the molecule is Cc1ccc(CC2(CO)COc3c(cc(C)cc3[N+](=O)[O-])C2=O)cc1. The molecule has 0 bridgehead atoms. The summed E-state index contributed by atoms with van der Waals surface area (Å²) >= 11 is 0. The van der Waals surface area contributed by atoms with Crippen molar-refractivity contribution in [2.45, 2.75) is 20.3 Å². The fourth-order valence-electron chi connectivity index (χ4n) is 3.17. The number of hydrogen-bond donors (Lipinski definition) is 1. The molecule has 2 aromatic rings. The third-order valence-electron chi connectivity index (χ3n) is 4.60. The number of benzene rings is 2. The Morgan fingerprint density at radius 2 is 1.88 bits per heavy atom. The summed E-state index contributed by atoms with van der Waals surface area (Å²) in [5.74, 6) is -0.322. The van der Waals surface area contributed by atoms with Crippen molar-refractivity contribution < 1.29 is 19.6 Å². The maximum absolute atomic E-state index is 13.1. The molecule has 6 heteroatoms. The van der Waals surface area contributed by atoms with Crippen molar-refractivity contribution in [2.75, 3.05) is 13.2 Å². The largest absolute Gasteiger partial charge is 0.485 e. The Morgan fingerprint density at radius 3 is 2.48 bits per heavy atom. The van der Waals surface area contributed by atoms with E-state index in [2.05, 4.69) is 0 Å². The third-order valence-corrected chi connectivity index (χ3v) is 4.60. The molecule has 0 aromatic heterocycles. The van der Waals surface area contributed by atoms with Crippen LogP contribution in [0.1, 0.15) is 27.0 Å². The summed E-state index contributed by atoms with van der Waals surface area (Å²) in [7, 11) is 0. The first-order valence-corrected chi connectivity index (χ1v) is 7.99. The molecule has 1 unspecified atom stereocenters. The number of carbonyl (C=O) groups excluding carboxylic acids is 1. The van der Waals surface area contributed by atoms with Crippen molar-refractivity contribution in [1.29, 1.82) is 0 Å². The second-order valence-corrected chi connectivity index (χ2v) is 6.64. The average molecular weight is 341 g/mol. The molecule has 2 aromatic carbocycles. The lowest BCUT2D eigenvalue weighted by molar-refractivity contribution is -0.386. The second-order valence-electron chi connectivity index (χ2n) is 6.64. The first-order valence-electron chi connectivity index (χ1n) is 7.99. The fraction of sp³-hybridized carbons (Fsp3) is 0.316. The number of Topliss-reactive ketones (excluding diaryl/α,β-unsaturated/α-hetero) is 1. The molecular formula is C19H19NO5. The number of nitrogens with zero attached hydrogens (tertiary/aromatic N) is 1. The zero-order valence-electron chi connectivity index (χ0n) is 14.1. The number of aryl methyl sites for hydroxylation is 2. The molecule has 0 fully saturated rings. The van der Waals surface area contributed by atoms with Gasteiger partial charge in [0.15, 0.2) is 5.78 Å². The second kappa shape index (κ2) is 6.29. The molecule has 25 heavy (non-hydrogen) atoms. The van der Waals surface area contributed by atoms with E-state index in [0.717, 1.165) is 11.1 Å². The molecule has 1 atom stereocenters. The van der Waals surface area contributed by atoms with Crippen LogP contribution in [0, 0.1) is 29.4 Å². The Kier molecular flexibility index (Phi) is 4.30. The minimum absolute atomic E-state index is 0.00594. The molecule has 1 N–H and O–H groups in total. The van der Waals surface area contributed by atoms with E-state index in [4.69, 9.17) is 4.74 Å². The van der Waals surface area contributed by atoms with Crippen molar-refractivity contribution in [2.24, 2.45) is 5.41 Å². The lowest BCUT2D eigenvalue weighted by Gasteiger charge is -2.35. The van der Waals surface area contributed by atoms with Crippen LogP contribution in [0.2, 0.25) is 0 Å². The van der Waals surface area contributed by atoms with E-state index in [-0.39, 0.29) is 36.0 Å². The van der Waals surface area contributed by atoms with Crippen LogP contribution in [0.5, 0.6) is 5.75 Å². The van der Waals surface area contributed by atoms with Crippen LogP contribution in [0.3, 0.4) is 0 Å². The highest BCUT2D eigenvalue weighted by Crippen LogP contribution is 2.42. The Labute approximate surface area is 145 Å². The molecule has 1 aliphatic rings. The Morgan fingerprint density at radius 1 is 1.20 bits per heavy atom. The molecule has 0 amide bonds. The van der Waals surface area contributed by atoms with Crippen LogP contribution in [0.25, 0.3) is 0 Å². The summed E-state index contributed by atoms with van der Waals surface area (Å²) < 4.78 is 5.62.